The van der Waals surface area contributed by atoms with E-state index in [4.69, 9.17) is 5.73 Å². The molecule has 3 rings (SSSR count). The number of carboxylic acids is 1. The van der Waals surface area contributed by atoms with Crippen molar-refractivity contribution >= 4 is 11.8 Å². The summed E-state index contributed by atoms with van der Waals surface area (Å²) in [7, 11) is 0. The molecule has 0 amide bonds. The molecule has 0 radical (unpaired) electrons. The van der Waals surface area contributed by atoms with E-state index < -0.39 is 5.97 Å². The number of nitrogens with zero attached hydrogens (tertiary/aromatic N) is 3. The minimum Gasteiger partial charge on any atom is -0.478 e. The van der Waals surface area contributed by atoms with Gasteiger partial charge in [-0.05, 0) is 19.1 Å². The molecule has 0 bridgehead atoms. The van der Waals surface area contributed by atoms with Crippen LogP contribution < -0.4 is 5.73 Å². The fraction of sp³-hybridized carbons (Fsp3) is 0.0625. The summed E-state index contributed by atoms with van der Waals surface area (Å²) in [6.45, 7) is 1.83. The molecule has 6 heteroatoms. The number of hydrogen-bond acceptors (Lipinski definition) is 4. The van der Waals surface area contributed by atoms with E-state index in [0.29, 0.717) is 17.2 Å². The number of nitrogens with two attached hydrogens (primary N) is 1. The number of carbonyl (C=O) groups is 1. The van der Waals surface area contributed by atoms with E-state index in [1.165, 1.54) is 10.9 Å². The van der Waals surface area contributed by atoms with Crippen LogP contribution in [0.2, 0.25) is 0 Å². The average molecular weight is 294 g/mol. The molecule has 1 aromatic carbocycles. The van der Waals surface area contributed by atoms with Crippen LogP contribution in [-0.4, -0.2) is 25.8 Å². The molecular formula is C16H14N4O2. The van der Waals surface area contributed by atoms with Crippen molar-refractivity contribution in [2.45, 2.75) is 6.92 Å². The van der Waals surface area contributed by atoms with Crippen LogP contribution in [0.25, 0.3) is 16.9 Å². The monoisotopic (exact) mass is 294 g/mol. The maximum Gasteiger partial charge on any atom is 0.339 e. The highest BCUT2D eigenvalue weighted by atomic mass is 16.4. The number of nitrogen functional groups attached to an aromatic ring is 1. The van der Waals surface area contributed by atoms with Gasteiger partial charge in [0.2, 0.25) is 0 Å². The third kappa shape index (κ3) is 2.42. The van der Waals surface area contributed by atoms with Gasteiger partial charge >= 0.3 is 5.97 Å². The molecule has 0 spiro atoms. The number of anilines is 1. The molecule has 0 unspecified atom stereocenters. The molecular weight excluding hydrogens is 280 g/mol. The van der Waals surface area contributed by atoms with Crippen LogP contribution in [0, 0.1) is 6.92 Å². The quantitative estimate of drug-likeness (QED) is 0.774. The number of hydrogen-bond donors (Lipinski definition) is 2. The summed E-state index contributed by atoms with van der Waals surface area (Å²) in [4.78, 5) is 15.7. The number of aromatic nitrogens is 3. The second-order valence-electron chi connectivity index (χ2n) is 4.86. The van der Waals surface area contributed by atoms with Crippen molar-refractivity contribution < 1.29 is 9.90 Å². The van der Waals surface area contributed by atoms with Gasteiger partial charge in [-0.15, -0.1) is 0 Å². The predicted octanol–water partition coefficient (Wildman–Crippen LogP) is 2.52. The fourth-order valence-corrected chi connectivity index (χ4v) is 2.23. The van der Waals surface area contributed by atoms with Crippen LogP contribution in [0.4, 0.5) is 5.82 Å². The lowest BCUT2D eigenvalue weighted by molar-refractivity contribution is 0.0697. The van der Waals surface area contributed by atoms with Crippen molar-refractivity contribution in [1.82, 2.24) is 14.8 Å². The summed E-state index contributed by atoms with van der Waals surface area (Å²) < 4.78 is 1.45. The Bertz CT molecular complexity index is 841. The van der Waals surface area contributed by atoms with Crippen molar-refractivity contribution in [3.63, 3.8) is 0 Å². The van der Waals surface area contributed by atoms with Gasteiger partial charge in [0.15, 0.2) is 0 Å². The van der Waals surface area contributed by atoms with Gasteiger partial charge in [0.1, 0.15) is 22.8 Å². The van der Waals surface area contributed by atoms with Gasteiger partial charge in [0, 0.05) is 17.5 Å². The number of rotatable bonds is 3. The van der Waals surface area contributed by atoms with Crippen LogP contribution in [-0.2, 0) is 0 Å². The van der Waals surface area contributed by atoms with Crippen LogP contribution in [0.15, 0.2) is 48.7 Å². The summed E-state index contributed by atoms with van der Waals surface area (Å²) in [5, 5.41) is 13.8. The molecule has 0 aliphatic carbocycles. The Morgan fingerprint density at radius 3 is 2.55 bits per heavy atom. The van der Waals surface area contributed by atoms with E-state index in [9.17, 15) is 9.90 Å². The highest BCUT2D eigenvalue weighted by Gasteiger charge is 2.18. The van der Waals surface area contributed by atoms with E-state index in [1.807, 2.05) is 37.3 Å². The molecule has 0 aliphatic heterocycles. The van der Waals surface area contributed by atoms with Gasteiger partial charge < -0.3 is 10.8 Å². The summed E-state index contributed by atoms with van der Waals surface area (Å²) in [5.41, 5.74) is 8.49. The maximum absolute atomic E-state index is 11.5. The lowest BCUT2D eigenvalue weighted by Crippen LogP contribution is -2.03. The zero-order chi connectivity index (χ0) is 15.7. The molecule has 3 aromatic rings. The van der Waals surface area contributed by atoms with Gasteiger partial charge in [0.05, 0.1) is 0 Å². The van der Waals surface area contributed by atoms with E-state index in [2.05, 4.69) is 10.1 Å². The van der Waals surface area contributed by atoms with Crippen molar-refractivity contribution in [3.8, 4) is 16.9 Å². The largest absolute Gasteiger partial charge is 0.478 e. The Morgan fingerprint density at radius 1 is 1.18 bits per heavy atom. The summed E-state index contributed by atoms with van der Waals surface area (Å²) in [6, 6.07) is 12.7. The molecule has 22 heavy (non-hydrogen) atoms. The summed E-state index contributed by atoms with van der Waals surface area (Å²) >= 11 is 0. The average Bonchev–Trinajstić information content (AvgIpc) is 2.93. The molecule has 0 fully saturated rings. The maximum atomic E-state index is 11.5. The SMILES string of the molecule is Cc1ccc(-n2cc(C(=O)O)c(-c3ccccc3)n2)c(N)n1. The smallest absolute Gasteiger partial charge is 0.339 e. The molecule has 2 aromatic heterocycles. The minimum atomic E-state index is -1.04. The Morgan fingerprint density at radius 2 is 1.91 bits per heavy atom. The topological polar surface area (TPSA) is 94.0 Å². The number of aryl methyl sites for hydroxylation is 1. The molecule has 110 valence electrons. The third-order valence-electron chi connectivity index (χ3n) is 3.28. The van der Waals surface area contributed by atoms with E-state index in [1.54, 1.807) is 12.1 Å². The van der Waals surface area contributed by atoms with Crippen LogP contribution >= 0.6 is 0 Å². The highest BCUT2D eigenvalue weighted by Crippen LogP contribution is 2.25. The molecule has 2 heterocycles. The molecule has 0 saturated carbocycles. The molecule has 0 atom stereocenters. The van der Waals surface area contributed by atoms with E-state index >= 15 is 0 Å². The van der Waals surface area contributed by atoms with Gasteiger partial charge in [-0.2, -0.15) is 5.10 Å². The molecule has 6 nitrogen and oxygen atoms in total. The second kappa shape index (κ2) is 5.33. The van der Waals surface area contributed by atoms with Crippen LogP contribution in [0.3, 0.4) is 0 Å². The Hall–Kier alpha value is -3.15. The standard InChI is InChI=1S/C16H14N4O2/c1-10-7-8-13(15(17)18-10)20-9-12(16(21)22)14(19-20)11-5-3-2-4-6-11/h2-9H,1H3,(H2,17,18)(H,21,22). The predicted molar refractivity (Wildman–Crippen MR) is 82.9 cm³/mol. The van der Waals surface area contributed by atoms with Crippen LogP contribution in [0.5, 0.6) is 0 Å². The van der Waals surface area contributed by atoms with E-state index in [-0.39, 0.29) is 5.56 Å². The van der Waals surface area contributed by atoms with Gasteiger partial charge in [0.25, 0.3) is 0 Å². The minimum absolute atomic E-state index is 0.117. The normalized spacial score (nSPS) is 10.6. The van der Waals surface area contributed by atoms with Gasteiger partial charge in [-0.1, -0.05) is 30.3 Å². The lowest BCUT2D eigenvalue weighted by Gasteiger charge is -2.05. The molecule has 0 aliphatic rings. The zero-order valence-corrected chi connectivity index (χ0v) is 11.9. The van der Waals surface area contributed by atoms with Crippen molar-refractivity contribution in [2.75, 3.05) is 5.73 Å². The first-order chi connectivity index (χ1) is 10.6. The van der Waals surface area contributed by atoms with Crippen LogP contribution in [0.1, 0.15) is 16.1 Å². The first kappa shape index (κ1) is 13.8. The number of benzene rings is 1. The number of pyridine rings is 1. The summed E-state index contributed by atoms with van der Waals surface area (Å²) in [5.74, 6) is -0.734. The summed E-state index contributed by atoms with van der Waals surface area (Å²) in [6.07, 6.45) is 1.45. The van der Waals surface area contributed by atoms with E-state index in [0.717, 1.165) is 11.3 Å². The first-order valence-electron chi connectivity index (χ1n) is 6.68. The van der Waals surface area contributed by atoms with Crippen molar-refractivity contribution in [3.05, 3.63) is 59.9 Å². The number of aromatic carboxylic acids is 1. The zero-order valence-electron chi connectivity index (χ0n) is 11.9. The third-order valence-corrected chi connectivity index (χ3v) is 3.28. The van der Waals surface area contributed by atoms with Crippen molar-refractivity contribution in [1.29, 1.82) is 0 Å². The lowest BCUT2D eigenvalue weighted by atomic mass is 10.1. The van der Waals surface area contributed by atoms with Gasteiger partial charge in [-0.25, -0.2) is 14.5 Å². The first-order valence-corrected chi connectivity index (χ1v) is 6.68. The van der Waals surface area contributed by atoms with Gasteiger partial charge in [-0.3, -0.25) is 0 Å². The van der Waals surface area contributed by atoms with Crippen molar-refractivity contribution in [2.24, 2.45) is 0 Å². The molecule has 3 N–H and O–H groups in total. The highest BCUT2D eigenvalue weighted by molar-refractivity contribution is 5.94. The second-order valence-corrected chi connectivity index (χ2v) is 4.86. The molecule has 0 saturated heterocycles. The number of carboxylic acid groups (broad SMARTS) is 1. The Kier molecular flexibility index (Phi) is 3.34. The Labute approximate surface area is 126 Å². The Balaban J connectivity index is 2.17. The fourth-order valence-electron chi connectivity index (χ4n) is 2.23.